The molecule has 29 heavy (non-hydrogen) atoms. The van der Waals surface area contributed by atoms with Gasteiger partial charge in [0.25, 0.3) is 0 Å². The van der Waals surface area contributed by atoms with Gasteiger partial charge in [-0.15, -0.1) is 0 Å². The Bertz CT molecular complexity index is 651. The van der Waals surface area contributed by atoms with E-state index in [1.54, 1.807) is 0 Å². The van der Waals surface area contributed by atoms with E-state index < -0.39 is 0 Å². The molecular formula is C26H40N2O. The average molecular weight is 397 g/mol. The molecule has 0 aliphatic heterocycles. The minimum Gasteiger partial charge on any atom is -0.494 e. The van der Waals surface area contributed by atoms with E-state index in [4.69, 9.17) is 4.74 Å². The van der Waals surface area contributed by atoms with Gasteiger partial charge in [0.1, 0.15) is 5.75 Å². The van der Waals surface area contributed by atoms with Gasteiger partial charge in [0.2, 0.25) is 0 Å². The van der Waals surface area contributed by atoms with Gasteiger partial charge in [0.15, 0.2) is 5.82 Å². The number of aromatic nitrogens is 2. The standard InChI is InChI=1S/C26H40N2O/c1-4-6-7-8-11-14-23-20-27-26(28-21-23)24-15-17-25(18-16-24)29-19-12-9-10-13-22(3)5-2/h15-18,20-22H,4-14,19H2,1-3H3. The zero-order valence-electron chi connectivity index (χ0n) is 18.8. The van der Waals surface area contributed by atoms with Crippen LogP contribution < -0.4 is 4.74 Å². The predicted octanol–water partition coefficient (Wildman–Crippen LogP) is 7.64. The highest BCUT2D eigenvalue weighted by atomic mass is 16.5. The lowest BCUT2D eigenvalue weighted by molar-refractivity contribution is 0.302. The summed E-state index contributed by atoms with van der Waals surface area (Å²) in [5.74, 6) is 2.57. The third-order valence-corrected chi connectivity index (χ3v) is 5.69. The molecule has 2 aromatic rings. The number of rotatable bonds is 15. The molecule has 2 rings (SSSR count). The average Bonchev–Trinajstić information content (AvgIpc) is 2.76. The van der Waals surface area contributed by atoms with Crippen LogP contribution in [-0.2, 0) is 6.42 Å². The van der Waals surface area contributed by atoms with Crippen LogP contribution in [-0.4, -0.2) is 16.6 Å². The Morgan fingerprint density at radius 3 is 2.21 bits per heavy atom. The van der Waals surface area contributed by atoms with Crippen molar-refractivity contribution in [2.24, 2.45) is 5.92 Å². The Balaban J connectivity index is 1.69. The molecular weight excluding hydrogens is 356 g/mol. The van der Waals surface area contributed by atoms with Gasteiger partial charge in [-0.1, -0.05) is 72.1 Å². The molecule has 1 aromatic carbocycles. The van der Waals surface area contributed by atoms with Crippen LogP contribution in [0.2, 0.25) is 0 Å². The van der Waals surface area contributed by atoms with E-state index in [9.17, 15) is 0 Å². The van der Waals surface area contributed by atoms with Crippen molar-refractivity contribution in [1.82, 2.24) is 9.97 Å². The molecule has 0 bridgehead atoms. The number of benzene rings is 1. The van der Waals surface area contributed by atoms with E-state index in [-0.39, 0.29) is 0 Å². The van der Waals surface area contributed by atoms with Gasteiger partial charge in [0, 0.05) is 18.0 Å². The van der Waals surface area contributed by atoms with Crippen molar-refractivity contribution in [3.63, 3.8) is 0 Å². The molecule has 0 amide bonds. The Morgan fingerprint density at radius 1 is 0.828 bits per heavy atom. The summed E-state index contributed by atoms with van der Waals surface area (Å²) in [7, 11) is 0. The van der Waals surface area contributed by atoms with Crippen molar-refractivity contribution < 1.29 is 4.74 Å². The van der Waals surface area contributed by atoms with Gasteiger partial charge < -0.3 is 4.74 Å². The topological polar surface area (TPSA) is 35.0 Å². The molecule has 0 saturated carbocycles. The summed E-state index contributed by atoms with van der Waals surface area (Å²) >= 11 is 0. The number of hydrogen-bond acceptors (Lipinski definition) is 3. The zero-order chi connectivity index (χ0) is 20.7. The number of ether oxygens (including phenoxy) is 1. The number of aryl methyl sites for hydroxylation is 1. The number of hydrogen-bond donors (Lipinski definition) is 0. The van der Waals surface area contributed by atoms with E-state index in [0.29, 0.717) is 0 Å². The first-order valence-electron chi connectivity index (χ1n) is 11.8. The second kappa shape index (κ2) is 14.1. The van der Waals surface area contributed by atoms with Crippen molar-refractivity contribution in [1.29, 1.82) is 0 Å². The maximum atomic E-state index is 5.88. The van der Waals surface area contributed by atoms with Crippen LogP contribution in [0.1, 0.15) is 90.5 Å². The monoisotopic (exact) mass is 396 g/mol. The summed E-state index contributed by atoms with van der Waals surface area (Å²) in [4.78, 5) is 9.12. The lowest BCUT2D eigenvalue weighted by Crippen LogP contribution is -1.98. The van der Waals surface area contributed by atoms with E-state index in [2.05, 4.69) is 42.9 Å². The molecule has 0 saturated heterocycles. The molecule has 3 heteroatoms. The van der Waals surface area contributed by atoms with Crippen LogP contribution in [0.25, 0.3) is 11.4 Å². The summed E-state index contributed by atoms with van der Waals surface area (Å²) in [5, 5.41) is 0. The summed E-state index contributed by atoms with van der Waals surface area (Å²) in [6, 6.07) is 8.16. The minimum atomic E-state index is 0.788. The van der Waals surface area contributed by atoms with Crippen LogP contribution in [0.5, 0.6) is 5.75 Å². The molecule has 0 radical (unpaired) electrons. The van der Waals surface area contributed by atoms with Crippen molar-refractivity contribution >= 4 is 0 Å². The van der Waals surface area contributed by atoms with Crippen molar-refractivity contribution in [3.8, 4) is 17.1 Å². The second-order valence-electron chi connectivity index (χ2n) is 8.31. The second-order valence-corrected chi connectivity index (χ2v) is 8.31. The van der Waals surface area contributed by atoms with Crippen LogP contribution in [0, 0.1) is 5.92 Å². The molecule has 1 unspecified atom stereocenters. The smallest absolute Gasteiger partial charge is 0.159 e. The normalized spacial score (nSPS) is 12.1. The van der Waals surface area contributed by atoms with Crippen LogP contribution in [0.3, 0.4) is 0 Å². The Hall–Kier alpha value is -1.90. The SMILES string of the molecule is CCCCCCCc1cnc(-c2ccc(OCCCCCC(C)CC)cc2)nc1. The van der Waals surface area contributed by atoms with Gasteiger partial charge in [0.05, 0.1) is 6.61 Å². The zero-order valence-corrected chi connectivity index (χ0v) is 18.8. The van der Waals surface area contributed by atoms with Crippen molar-refractivity contribution in [2.45, 2.75) is 91.4 Å². The Kier molecular flexibility index (Phi) is 11.4. The summed E-state index contributed by atoms with van der Waals surface area (Å²) in [6.45, 7) is 7.65. The fraction of sp³-hybridized carbons (Fsp3) is 0.615. The highest BCUT2D eigenvalue weighted by Crippen LogP contribution is 2.20. The lowest BCUT2D eigenvalue weighted by atomic mass is 10.0. The molecule has 0 N–H and O–H groups in total. The van der Waals surface area contributed by atoms with E-state index >= 15 is 0 Å². The molecule has 1 heterocycles. The van der Waals surface area contributed by atoms with Crippen LogP contribution in [0.15, 0.2) is 36.7 Å². The van der Waals surface area contributed by atoms with Crippen molar-refractivity contribution in [3.05, 3.63) is 42.2 Å². The molecule has 160 valence electrons. The summed E-state index contributed by atoms with van der Waals surface area (Å²) in [5.41, 5.74) is 2.28. The van der Waals surface area contributed by atoms with E-state index in [0.717, 1.165) is 42.5 Å². The number of unbranched alkanes of at least 4 members (excludes halogenated alkanes) is 6. The van der Waals surface area contributed by atoms with Gasteiger partial charge in [-0.25, -0.2) is 9.97 Å². The minimum absolute atomic E-state index is 0.788. The summed E-state index contributed by atoms with van der Waals surface area (Å²) in [6.07, 6.45) is 17.8. The highest BCUT2D eigenvalue weighted by Gasteiger charge is 2.03. The van der Waals surface area contributed by atoms with E-state index in [1.165, 1.54) is 63.4 Å². The summed E-state index contributed by atoms with van der Waals surface area (Å²) < 4.78 is 5.88. The van der Waals surface area contributed by atoms with Crippen LogP contribution >= 0.6 is 0 Å². The third kappa shape index (κ3) is 9.43. The first-order valence-corrected chi connectivity index (χ1v) is 11.8. The number of nitrogens with zero attached hydrogens (tertiary/aromatic N) is 2. The molecule has 1 aromatic heterocycles. The quantitative estimate of drug-likeness (QED) is 0.290. The molecule has 1 atom stereocenters. The Morgan fingerprint density at radius 2 is 1.52 bits per heavy atom. The molecule has 0 aliphatic rings. The third-order valence-electron chi connectivity index (χ3n) is 5.69. The van der Waals surface area contributed by atoms with Crippen molar-refractivity contribution in [2.75, 3.05) is 6.61 Å². The van der Waals surface area contributed by atoms with Gasteiger partial charge in [-0.2, -0.15) is 0 Å². The fourth-order valence-corrected chi connectivity index (χ4v) is 3.43. The maximum absolute atomic E-state index is 5.88. The largest absolute Gasteiger partial charge is 0.494 e. The molecule has 3 nitrogen and oxygen atoms in total. The van der Waals surface area contributed by atoms with Gasteiger partial charge in [-0.05, 0) is 55.0 Å². The molecule has 0 fully saturated rings. The molecule has 0 aliphatic carbocycles. The van der Waals surface area contributed by atoms with Crippen LogP contribution in [0.4, 0.5) is 0 Å². The van der Waals surface area contributed by atoms with Gasteiger partial charge in [-0.3, -0.25) is 0 Å². The first-order chi connectivity index (χ1) is 14.2. The predicted molar refractivity (Wildman–Crippen MR) is 123 cm³/mol. The first kappa shape index (κ1) is 23.4. The highest BCUT2D eigenvalue weighted by molar-refractivity contribution is 5.55. The maximum Gasteiger partial charge on any atom is 0.159 e. The lowest BCUT2D eigenvalue weighted by Gasteiger charge is -2.09. The Labute approximate surface area is 178 Å². The van der Waals surface area contributed by atoms with E-state index in [1.807, 2.05) is 24.5 Å². The van der Waals surface area contributed by atoms with Gasteiger partial charge >= 0.3 is 0 Å². The fourth-order valence-electron chi connectivity index (χ4n) is 3.43. The molecule has 0 spiro atoms.